The number of imide groups is 2. The minimum absolute atomic E-state index is 0.0182. The Labute approximate surface area is 180 Å². The molecule has 0 spiro atoms. The van der Waals surface area contributed by atoms with Crippen LogP contribution in [0.3, 0.4) is 0 Å². The fourth-order valence-electron chi connectivity index (χ4n) is 3.49. The topological polar surface area (TPSA) is 95.9 Å². The first kappa shape index (κ1) is 21.8. The van der Waals surface area contributed by atoms with Crippen LogP contribution in [0.25, 0.3) is 6.08 Å². The highest BCUT2D eigenvalue weighted by atomic mass is 16.5. The standard InChI is InChI=1S/C24H24N2O5/c1-5-7-17-11-16(13-20(21(17)27)31-6-2)12-19-22(28)25-24(30)26(23(19)29)18-9-14(3)8-15(4)10-18/h5,8-13,27H,1,6-7H2,2-4H3,(H,25,28,30). The Morgan fingerprint density at radius 2 is 1.77 bits per heavy atom. The van der Waals surface area contributed by atoms with Gasteiger partial charge in [-0.15, -0.1) is 6.58 Å². The monoisotopic (exact) mass is 420 g/mol. The molecule has 1 saturated heterocycles. The van der Waals surface area contributed by atoms with Crippen LogP contribution in [0.5, 0.6) is 11.5 Å². The van der Waals surface area contributed by atoms with Crippen LogP contribution in [0.1, 0.15) is 29.2 Å². The van der Waals surface area contributed by atoms with Gasteiger partial charge in [0.2, 0.25) is 0 Å². The molecule has 0 aliphatic carbocycles. The Morgan fingerprint density at radius 1 is 1.10 bits per heavy atom. The van der Waals surface area contributed by atoms with Crippen molar-refractivity contribution in [3.63, 3.8) is 0 Å². The van der Waals surface area contributed by atoms with E-state index in [9.17, 15) is 19.5 Å². The number of urea groups is 1. The molecule has 7 heteroatoms. The predicted octanol–water partition coefficient (Wildman–Crippen LogP) is 3.80. The third-order valence-corrected chi connectivity index (χ3v) is 4.72. The van der Waals surface area contributed by atoms with Gasteiger partial charge in [-0.3, -0.25) is 14.9 Å². The lowest BCUT2D eigenvalue weighted by molar-refractivity contribution is -0.122. The second-order valence-electron chi connectivity index (χ2n) is 7.26. The van der Waals surface area contributed by atoms with Gasteiger partial charge in [0.05, 0.1) is 12.3 Å². The molecular weight excluding hydrogens is 396 g/mol. The van der Waals surface area contributed by atoms with Crippen molar-refractivity contribution in [2.45, 2.75) is 27.2 Å². The number of hydrogen-bond donors (Lipinski definition) is 2. The molecule has 0 saturated carbocycles. The highest BCUT2D eigenvalue weighted by Gasteiger charge is 2.37. The Morgan fingerprint density at radius 3 is 2.39 bits per heavy atom. The van der Waals surface area contributed by atoms with E-state index in [0.717, 1.165) is 16.0 Å². The van der Waals surface area contributed by atoms with E-state index in [4.69, 9.17) is 4.74 Å². The molecule has 0 atom stereocenters. The number of nitrogens with one attached hydrogen (secondary N) is 1. The van der Waals surface area contributed by atoms with E-state index in [-0.39, 0.29) is 17.1 Å². The first-order valence-corrected chi connectivity index (χ1v) is 9.84. The molecule has 1 aliphatic rings. The quantitative estimate of drug-likeness (QED) is 0.421. The van der Waals surface area contributed by atoms with Gasteiger partial charge in [-0.1, -0.05) is 12.1 Å². The zero-order valence-electron chi connectivity index (χ0n) is 17.7. The van der Waals surface area contributed by atoms with Crippen LogP contribution >= 0.6 is 0 Å². The zero-order valence-corrected chi connectivity index (χ0v) is 17.7. The van der Waals surface area contributed by atoms with E-state index < -0.39 is 17.8 Å². The molecule has 1 aliphatic heterocycles. The molecule has 1 heterocycles. The van der Waals surface area contributed by atoms with Crippen LogP contribution in [-0.4, -0.2) is 29.6 Å². The van der Waals surface area contributed by atoms with Crippen molar-refractivity contribution in [3.05, 3.63) is 70.8 Å². The van der Waals surface area contributed by atoms with E-state index in [1.54, 1.807) is 31.2 Å². The van der Waals surface area contributed by atoms with Crippen LogP contribution in [-0.2, 0) is 16.0 Å². The maximum atomic E-state index is 13.1. The van der Waals surface area contributed by atoms with Crippen molar-refractivity contribution in [2.24, 2.45) is 0 Å². The zero-order chi connectivity index (χ0) is 22.7. The number of aryl methyl sites for hydroxylation is 2. The average Bonchev–Trinajstić information content (AvgIpc) is 2.68. The smallest absolute Gasteiger partial charge is 0.335 e. The van der Waals surface area contributed by atoms with Crippen molar-refractivity contribution >= 4 is 29.6 Å². The minimum Gasteiger partial charge on any atom is -0.504 e. The number of phenols is 1. The molecule has 31 heavy (non-hydrogen) atoms. The van der Waals surface area contributed by atoms with Gasteiger partial charge in [0, 0.05) is 5.56 Å². The molecule has 0 aromatic heterocycles. The number of phenolic OH excluding ortho intramolecular Hbond substituents is 1. The molecule has 2 aromatic carbocycles. The molecule has 0 unspecified atom stereocenters. The molecule has 4 amide bonds. The van der Waals surface area contributed by atoms with Crippen molar-refractivity contribution in [1.29, 1.82) is 0 Å². The lowest BCUT2D eigenvalue weighted by Gasteiger charge is -2.27. The summed E-state index contributed by atoms with van der Waals surface area (Å²) in [7, 11) is 0. The largest absolute Gasteiger partial charge is 0.504 e. The number of benzene rings is 2. The van der Waals surface area contributed by atoms with Gasteiger partial charge < -0.3 is 9.84 Å². The Balaban J connectivity index is 2.08. The first-order chi connectivity index (χ1) is 14.7. The molecule has 1 fully saturated rings. The van der Waals surface area contributed by atoms with Gasteiger partial charge in [-0.05, 0) is 74.2 Å². The number of amides is 4. The number of carbonyl (C=O) groups is 3. The predicted molar refractivity (Wildman–Crippen MR) is 118 cm³/mol. The third kappa shape index (κ3) is 4.50. The maximum absolute atomic E-state index is 13.1. The Hall–Kier alpha value is -3.87. The molecular formula is C24H24N2O5. The summed E-state index contributed by atoms with van der Waals surface area (Å²) in [5, 5.41) is 12.6. The van der Waals surface area contributed by atoms with Gasteiger partial charge >= 0.3 is 6.03 Å². The number of ether oxygens (including phenoxy) is 1. The van der Waals surface area contributed by atoms with E-state index in [2.05, 4.69) is 11.9 Å². The van der Waals surface area contributed by atoms with E-state index in [1.807, 2.05) is 19.9 Å². The lowest BCUT2D eigenvalue weighted by atomic mass is 10.0. The van der Waals surface area contributed by atoms with Crippen LogP contribution in [0.15, 0.2) is 48.6 Å². The molecule has 0 radical (unpaired) electrons. The van der Waals surface area contributed by atoms with Gasteiger partial charge in [-0.25, -0.2) is 9.69 Å². The summed E-state index contributed by atoms with van der Waals surface area (Å²) in [6.07, 6.45) is 3.38. The van der Waals surface area contributed by atoms with Gasteiger partial charge in [-0.2, -0.15) is 0 Å². The van der Waals surface area contributed by atoms with E-state index in [1.165, 1.54) is 12.1 Å². The summed E-state index contributed by atoms with van der Waals surface area (Å²) < 4.78 is 5.48. The number of anilines is 1. The van der Waals surface area contributed by atoms with Crippen molar-refractivity contribution in [3.8, 4) is 11.5 Å². The second-order valence-corrected chi connectivity index (χ2v) is 7.26. The number of aromatic hydroxyl groups is 1. The molecule has 160 valence electrons. The van der Waals surface area contributed by atoms with E-state index in [0.29, 0.717) is 29.8 Å². The highest BCUT2D eigenvalue weighted by molar-refractivity contribution is 6.39. The van der Waals surface area contributed by atoms with Crippen molar-refractivity contribution in [1.82, 2.24) is 5.32 Å². The lowest BCUT2D eigenvalue weighted by Crippen LogP contribution is -2.54. The summed E-state index contributed by atoms with van der Waals surface area (Å²) in [4.78, 5) is 39.0. The summed E-state index contributed by atoms with van der Waals surface area (Å²) in [5.74, 6) is -1.29. The van der Waals surface area contributed by atoms with Crippen LogP contribution in [0.2, 0.25) is 0 Å². The van der Waals surface area contributed by atoms with Gasteiger partial charge in [0.15, 0.2) is 11.5 Å². The molecule has 2 N–H and O–H groups in total. The summed E-state index contributed by atoms with van der Waals surface area (Å²) in [6, 6.07) is 7.71. The number of allylic oxidation sites excluding steroid dienone is 1. The molecule has 0 bridgehead atoms. The molecule has 3 rings (SSSR count). The highest BCUT2D eigenvalue weighted by Crippen LogP contribution is 2.33. The SMILES string of the molecule is C=CCc1cc(C=C2C(=O)NC(=O)N(c3cc(C)cc(C)c3)C2=O)cc(OCC)c1O. The van der Waals surface area contributed by atoms with Crippen LogP contribution in [0.4, 0.5) is 10.5 Å². The summed E-state index contributed by atoms with van der Waals surface area (Å²) in [6.45, 7) is 9.51. The number of rotatable bonds is 6. The maximum Gasteiger partial charge on any atom is 0.335 e. The molecule has 2 aromatic rings. The normalized spacial score (nSPS) is 15.3. The summed E-state index contributed by atoms with van der Waals surface area (Å²) in [5.41, 5.74) is 2.96. The van der Waals surface area contributed by atoms with E-state index >= 15 is 0 Å². The van der Waals surface area contributed by atoms with Crippen LogP contribution in [0, 0.1) is 13.8 Å². The molecule has 7 nitrogen and oxygen atoms in total. The summed E-state index contributed by atoms with van der Waals surface area (Å²) >= 11 is 0. The first-order valence-electron chi connectivity index (χ1n) is 9.84. The van der Waals surface area contributed by atoms with Crippen molar-refractivity contribution in [2.75, 3.05) is 11.5 Å². The number of carbonyl (C=O) groups excluding carboxylic acids is 3. The fraction of sp³-hybridized carbons (Fsp3) is 0.208. The number of nitrogens with zero attached hydrogens (tertiary/aromatic N) is 1. The van der Waals surface area contributed by atoms with Crippen molar-refractivity contribution < 1.29 is 24.2 Å². The Bertz CT molecular complexity index is 1100. The van der Waals surface area contributed by atoms with Gasteiger partial charge in [0.25, 0.3) is 11.8 Å². The fourth-order valence-corrected chi connectivity index (χ4v) is 3.49. The number of barbiturate groups is 1. The third-order valence-electron chi connectivity index (χ3n) is 4.72. The Kier molecular flexibility index (Phi) is 6.25. The number of hydrogen-bond acceptors (Lipinski definition) is 5. The van der Waals surface area contributed by atoms with Gasteiger partial charge in [0.1, 0.15) is 5.57 Å². The van der Waals surface area contributed by atoms with Crippen LogP contribution < -0.4 is 15.0 Å². The minimum atomic E-state index is -0.801. The average molecular weight is 420 g/mol. The second kappa shape index (κ2) is 8.87.